The summed E-state index contributed by atoms with van der Waals surface area (Å²) in [5.41, 5.74) is 1.09. The molecular weight excluding hydrogens is 461 g/mol. The van der Waals surface area contributed by atoms with E-state index in [2.05, 4.69) is 29.4 Å². The second-order valence-electron chi connectivity index (χ2n) is 11.6. The third kappa shape index (κ3) is 8.72. The molecule has 1 heterocycles. The lowest BCUT2D eigenvalue weighted by atomic mass is 9.61. The van der Waals surface area contributed by atoms with E-state index < -0.39 is 18.0 Å². The van der Waals surface area contributed by atoms with E-state index in [1.807, 2.05) is 5.48 Å². The summed E-state index contributed by atoms with van der Waals surface area (Å²) in [5.74, 6) is 0.982. The summed E-state index contributed by atoms with van der Waals surface area (Å²) in [6.45, 7) is 3.23. The summed E-state index contributed by atoms with van der Waals surface area (Å²) < 4.78 is 19.8. The van der Waals surface area contributed by atoms with Gasteiger partial charge in [-0.25, -0.2) is 4.39 Å². The van der Waals surface area contributed by atoms with Crippen molar-refractivity contribution in [1.29, 1.82) is 0 Å². The van der Waals surface area contributed by atoms with Gasteiger partial charge in [0.15, 0.2) is 0 Å². The Morgan fingerprint density at radius 2 is 1.69 bits per heavy atom. The molecule has 3 rings (SSSR count). The number of hydrogen-bond donors (Lipinski definition) is 5. The Kier molecular flexibility index (Phi) is 13.1. The number of nitrogens with zero attached hydrogens (tertiary/aromatic N) is 1. The van der Waals surface area contributed by atoms with Crippen molar-refractivity contribution < 1.29 is 24.5 Å². The van der Waals surface area contributed by atoms with E-state index in [1.54, 1.807) is 0 Å². The van der Waals surface area contributed by atoms with Crippen LogP contribution in [0.5, 0.6) is 0 Å². The lowest BCUT2D eigenvalue weighted by molar-refractivity contribution is -0.137. The Balaban J connectivity index is 1.36. The number of halogens is 1. The zero-order valence-electron chi connectivity index (χ0n) is 22.4. The molecule has 0 spiro atoms. The van der Waals surface area contributed by atoms with Gasteiger partial charge in [-0.05, 0) is 108 Å². The number of unbranched alkanes of at least 4 members (excludes halogenated alkanes) is 3. The lowest BCUT2D eigenvalue weighted by Gasteiger charge is -2.53. The number of alkyl halides is 1. The smallest absolute Gasteiger partial charge is 0.126 e. The first kappa shape index (κ1) is 29.9. The zero-order chi connectivity index (χ0) is 25.8. The molecule has 7 nitrogen and oxygen atoms in total. The van der Waals surface area contributed by atoms with Gasteiger partial charge in [0.1, 0.15) is 12.4 Å². The van der Waals surface area contributed by atoms with Crippen LogP contribution >= 0.6 is 0 Å². The Labute approximate surface area is 217 Å². The highest BCUT2D eigenvalue weighted by atomic mass is 19.1. The van der Waals surface area contributed by atoms with Crippen LogP contribution in [0.3, 0.4) is 0 Å². The van der Waals surface area contributed by atoms with Crippen LogP contribution in [0.25, 0.3) is 0 Å². The average Bonchev–Trinajstić information content (AvgIpc) is 2.90. The second kappa shape index (κ2) is 15.7. The van der Waals surface area contributed by atoms with Crippen LogP contribution in [0.15, 0.2) is 12.2 Å². The molecule has 1 aliphatic heterocycles. The summed E-state index contributed by atoms with van der Waals surface area (Å²) in [6.07, 6.45) is 15.6. The molecule has 0 aromatic heterocycles. The molecule has 3 unspecified atom stereocenters. The van der Waals surface area contributed by atoms with Gasteiger partial charge in [0, 0.05) is 6.54 Å². The van der Waals surface area contributed by atoms with Crippen molar-refractivity contribution >= 4 is 0 Å². The molecule has 2 saturated carbocycles. The molecule has 3 aliphatic rings. The maximum atomic E-state index is 13.9. The monoisotopic (exact) mass is 513 g/mol. The van der Waals surface area contributed by atoms with Gasteiger partial charge in [0.05, 0.1) is 25.0 Å². The Morgan fingerprint density at radius 3 is 2.36 bits per heavy atom. The summed E-state index contributed by atoms with van der Waals surface area (Å²) in [4.78, 5) is 2.32. The van der Waals surface area contributed by atoms with E-state index in [4.69, 9.17) is 9.94 Å². The second-order valence-corrected chi connectivity index (χ2v) is 11.6. The minimum Gasteiger partial charge on any atom is -0.387 e. The third-order valence-electron chi connectivity index (χ3n) is 9.01. The fraction of sp³-hybridized carbons (Fsp3) is 0.929. The average molecular weight is 514 g/mol. The summed E-state index contributed by atoms with van der Waals surface area (Å²) >= 11 is 0. The largest absolute Gasteiger partial charge is 0.387 e. The van der Waals surface area contributed by atoms with E-state index in [-0.39, 0.29) is 17.9 Å². The van der Waals surface area contributed by atoms with Crippen molar-refractivity contribution in [2.24, 2.45) is 17.8 Å². The first-order chi connectivity index (χ1) is 17.4. The Bertz CT molecular complexity index is 626. The van der Waals surface area contributed by atoms with Gasteiger partial charge in [-0.3, -0.25) is 10.2 Å². The van der Waals surface area contributed by atoms with Gasteiger partial charge in [0.2, 0.25) is 0 Å². The number of nitrogens with one attached hydrogen (secondary N) is 2. The van der Waals surface area contributed by atoms with Crippen LogP contribution in [-0.4, -0.2) is 77.8 Å². The van der Waals surface area contributed by atoms with Crippen LogP contribution < -0.4 is 10.8 Å². The fourth-order valence-electron chi connectivity index (χ4n) is 6.80. The maximum absolute atomic E-state index is 13.9. The van der Waals surface area contributed by atoms with E-state index in [0.29, 0.717) is 31.9 Å². The van der Waals surface area contributed by atoms with Crippen molar-refractivity contribution in [3.8, 4) is 0 Å². The molecule has 0 aromatic rings. The topological polar surface area (TPSA) is 97.2 Å². The minimum absolute atomic E-state index is 0.0332. The molecule has 0 saturated heterocycles. The Morgan fingerprint density at radius 1 is 1.03 bits per heavy atom. The molecule has 36 heavy (non-hydrogen) atoms. The number of hydrogen-bond acceptors (Lipinski definition) is 7. The third-order valence-corrected chi connectivity index (χ3v) is 9.01. The molecule has 0 bridgehead atoms. The number of hydroxylamine groups is 1. The highest BCUT2D eigenvalue weighted by Crippen LogP contribution is 2.47. The summed E-state index contributed by atoms with van der Waals surface area (Å²) in [5, 5.41) is 33.5. The molecule has 2 aliphatic carbocycles. The number of ether oxygens (including phenoxy) is 1. The van der Waals surface area contributed by atoms with Gasteiger partial charge in [-0.1, -0.05) is 25.0 Å². The highest BCUT2D eigenvalue weighted by molar-refractivity contribution is 5.13. The molecule has 0 aromatic carbocycles. The lowest BCUT2D eigenvalue weighted by Crippen LogP contribution is -2.61. The SMILES string of the molecule is CN1CCC=CC1C(O)(C1CCC(F)CC1)C1CCC(COCNCCCCCCC(O)NO)CC1. The van der Waals surface area contributed by atoms with Crippen molar-refractivity contribution in [1.82, 2.24) is 15.7 Å². The quantitative estimate of drug-likeness (QED) is 0.0973. The number of aliphatic hydroxyl groups is 2. The summed E-state index contributed by atoms with van der Waals surface area (Å²) in [6, 6.07) is 0.0332. The zero-order valence-corrected chi connectivity index (χ0v) is 22.4. The van der Waals surface area contributed by atoms with Crippen molar-refractivity contribution in [2.75, 3.05) is 33.5 Å². The number of rotatable bonds is 15. The molecule has 210 valence electrons. The van der Waals surface area contributed by atoms with Crippen LogP contribution in [0, 0.1) is 17.8 Å². The van der Waals surface area contributed by atoms with E-state index in [0.717, 1.165) is 90.3 Å². The van der Waals surface area contributed by atoms with Crippen LogP contribution in [0.2, 0.25) is 0 Å². The van der Waals surface area contributed by atoms with Gasteiger partial charge in [0.25, 0.3) is 0 Å². The first-order valence-electron chi connectivity index (χ1n) is 14.5. The van der Waals surface area contributed by atoms with Crippen molar-refractivity contribution in [3.05, 3.63) is 12.2 Å². The fourth-order valence-corrected chi connectivity index (χ4v) is 6.80. The van der Waals surface area contributed by atoms with E-state index in [1.165, 1.54) is 0 Å². The van der Waals surface area contributed by atoms with Crippen molar-refractivity contribution in [3.63, 3.8) is 0 Å². The molecule has 0 amide bonds. The number of likely N-dealkylation sites (N-methyl/N-ethyl adjacent to an activating group) is 1. The van der Waals surface area contributed by atoms with Gasteiger partial charge in [-0.15, -0.1) is 0 Å². The predicted octanol–water partition coefficient (Wildman–Crippen LogP) is 4.12. The first-order valence-corrected chi connectivity index (χ1v) is 14.5. The van der Waals surface area contributed by atoms with Crippen molar-refractivity contribution in [2.45, 2.75) is 114 Å². The van der Waals surface area contributed by atoms with Gasteiger partial charge in [-0.2, -0.15) is 5.48 Å². The van der Waals surface area contributed by atoms with Gasteiger partial charge < -0.3 is 20.2 Å². The van der Waals surface area contributed by atoms with Crippen LogP contribution in [0.1, 0.15) is 89.9 Å². The van der Waals surface area contributed by atoms with E-state index in [9.17, 15) is 14.6 Å². The highest BCUT2D eigenvalue weighted by Gasteiger charge is 2.51. The van der Waals surface area contributed by atoms with Crippen LogP contribution in [-0.2, 0) is 4.74 Å². The number of aliphatic hydroxyl groups excluding tert-OH is 1. The molecule has 2 fully saturated rings. The maximum Gasteiger partial charge on any atom is 0.126 e. The van der Waals surface area contributed by atoms with Crippen LogP contribution in [0.4, 0.5) is 4.39 Å². The minimum atomic E-state index is -0.817. The molecule has 3 atom stereocenters. The normalized spacial score (nSPS) is 32.3. The Hall–Kier alpha value is -0.610. The standard InChI is InChI=1S/C28H52FN3O4/c1-32-19-7-5-8-26(32)28(34,24-14-16-25(29)17-15-24)23-12-10-22(11-13-23)20-36-21-30-18-6-3-2-4-9-27(33)31-35/h5,8,22-27,30-31,33-35H,2-4,6-7,9-21H2,1H3. The molecule has 8 heteroatoms. The summed E-state index contributed by atoms with van der Waals surface area (Å²) in [7, 11) is 2.13. The molecular formula is C28H52FN3O4. The predicted molar refractivity (Wildman–Crippen MR) is 140 cm³/mol. The van der Waals surface area contributed by atoms with E-state index >= 15 is 0 Å². The van der Waals surface area contributed by atoms with Gasteiger partial charge >= 0.3 is 0 Å². The molecule has 5 N–H and O–H groups in total. The molecule has 0 radical (unpaired) electrons.